The lowest BCUT2D eigenvalue weighted by Crippen LogP contribution is -2.58. The molecule has 8 unspecified atom stereocenters. The Bertz CT molecular complexity index is 4770. The Hall–Kier alpha value is -14.8. The van der Waals surface area contributed by atoms with Crippen molar-refractivity contribution >= 4 is 141 Å². The number of unbranched alkanes of at least 4 members (excludes halogenated alkanes) is 2. The summed E-state index contributed by atoms with van der Waals surface area (Å²) in [7, 11) is 0. The lowest BCUT2D eigenvalue weighted by atomic mass is 10.0. The van der Waals surface area contributed by atoms with Crippen LogP contribution in [0.25, 0.3) is 0 Å². The van der Waals surface area contributed by atoms with Crippen molar-refractivity contribution < 1.29 is 97.8 Å². The summed E-state index contributed by atoms with van der Waals surface area (Å²) in [4.78, 5) is 200. The molecule has 2 fully saturated rings. The summed E-state index contributed by atoms with van der Waals surface area (Å²) < 4.78 is 0. The maximum Gasteiger partial charge on any atom is 0.354 e. The van der Waals surface area contributed by atoms with Gasteiger partial charge in [0.05, 0.1) is 37.3 Å². The fourth-order valence-corrected chi connectivity index (χ4v) is 14.3. The predicted octanol–water partition coefficient (Wildman–Crippen LogP) is -0.998. The minimum Gasteiger partial charge on any atom is -0.508 e. The van der Waals surface area contributed by atoms with Gasteiger partial charge in [-0.3, -0.25) is 78.2 Å². The number of carboxylic acids is 4. The smallest absolute Gasteiger partial charge is 0.354 e. The fourth-order valence-electron chi connectivity index (χ4n) is 13.9. The number of carbonyl (C=O) groups excluding carboxylic acids is 10. The zero-order valence-electron chi connectivity index (χ0n) is 71.9. The second-order valence-corrected chi connectivity index (χ2v) is 32.0. The van der Waals surface area contributed by atoms with Gasteiger partial charge in [0.25, 0.3) is 0 Å². The number of aromatic carboxylic acids is 2. The van der Waals surface area contributed by atoms with Crippen LogP contribution in [-0.2, 0) is 96.6 Å². The van der Waals surface area contributed by atoms with Crippen molar-refractivity contribution in [2.45, 2.75) is 164 Å². The first-order valence-corrected chi connectivity index (χ1v) is 43.1. The molecule has 2 saturated heterocycles. The van der Waals surface area contributed by atoms with Crippen molar-refractivity contribution in [2.75, 3.05) is 63.0 Å². The molecule has 0 radical (unpaired) electrons. The second-order valence-electron chi connectivity index (χ2n) is 31.2. The maximum atomic E-state index is 14.4. The molecule has 0 saturated carbocycles. The van der Waals surface area contributed by atoms with Gasteiger partial charge in [0.1, 0.15) is 71.2 Å². The Morgan fingerprint density at radius 2 is 0.689 bits per heavy atom. The quantitative estimate of drug-likeness (QED) is 0.00947. The van der Waals surface area contributed by atoms with E-state index < -0.39 is 157 Å². The zero-order valence-corrected chi connectivity index (χ0v) is 73.5. The van der Waals surface area contributed by atoms with E-state index in [1.807, 2.05) is 24.3 Å². The van der Waals surface area contributed by atoms with Gasteiger partial charge in [0, 0.05) is 89.7 Å². The average Bonchev–Trinajstić information content (AvgIpc) is 1.65. The van der Waals surface area contributed by atoms with Crippen molar-refractivity contribution in [1.82, 2.24) is 94.2 Å². The van der Waals surface area contributed by atoms with Crippen molar-refractivity contribution in [3.8, 4) is 11.5 Å². The normalized spacial score (nSPS) is 18.4. The zero-order chi connectivity index (χ0) is 95.8. The summed E-state index contributed by atoms with van der Waals surface area (Å²) in [6.07, 6.45) is -0.706. The van der Waals surface area contributed by atoms with E-state index in [1.54, 1.807) is 48.5 Å². The molecule has 2 aliphatic rings. The number of phenols is 2. The topological polar surface area (TPSA) is 685 Å². The molecule has 0 bridgehead atoms. The molecule has 46 heteroatoms. The van der Waals surface area contributed by atoms with E-state index in [-0.39, 0.29) is 149 Å². The Kier molecular flexibility index (Phi) is 40.9. The molecule has 706 valence electrons. The van der Waals surface area contributed by atoms with Crippen LogP contribution in [0, 0.1) is 10.8 Å². The summed E-state index contributed by atoms with van der Waals surface area (Å²) in [6.45, 7) is 1.03. The third-order valence-corrected chi connectivity index (χ3v) is 21.1. The number of hydrogen-bond acceptors (Lipinski definition) is 24. The molecule has 28 N–H and O–H groups in total. The average molecular weight is 1860 g/mol. The van der Waals surface area contributed by atoms with Crippen molar-refractivity contribution in [2.24, 2.45) is 11.5 Å². The number of aromatic nitrogens is 2. The van der Waals surface area contributed by atoms with Gasteiger partial charge < -0.3 is 127 Å². The number of pyridine rings is 2. The van der Waals surface area contributed by atoms with Crippen LogP contribution in [0.4, 0.5) is 11.4 Å². The molecule has 2 aromatic heterocycles. The number of phenolic OH excluding ortho intramolecular Hbond substituents is 2. The molecule has 2 aliphatic heterocycles. The lowest BCUT2D eigenvalue weighted by molar-refractivity contribution is -0.141. The van der Waals surface area contributed by atoms with Crippen molar-refractivity contribution in [3.63, 3.8) is 0 Å². The molecular weight excluding hydrogens is 1750 g/mol. The van der Waals surface area contributed by atoms with Gasteiger partial charge in [-0.25, -0.2) is 19.6 Å². The van der Waals surface area contributed by atoms with Crippen LogP contribution in [0.5, 0.6) is 11.5 Å². The number of amides is 10. The Labute approximate surface area is 768 Å². The SMILES string of the molecule is N=C(N)NCCCC1NC(=O)CNC(=O)C(CC(=O)O)NC(=O)C(Cc2ccc(O)cc2)NC(=O)C(CCCCNC(=S)Nc2ccc(CN(CCN(Cc3ccc(NC(=S)NCCCCC4NC(=O)C(CCCNC(=N)N)NC(=O)CNC(=O)C(CC(=O)O)NC(=O)C(Cc5ccc(O)cc5)NC4=O)cc3)Cc3cccc(C(=O)O)n3)Cc3cccc(C(=O)O)n3)cc2)NC1=O. The number of anilines is 2. The van der Waals surface area contributed by atoms with Crippen molar-refractivity contribution in [1.29, 1.82) is 10.8 Å². The summed E-state index contributed by atoms with van der Waals surface area (Å²) in [5.74, 6) is -15.2. The number of carbonyl (C=O) groups is 14. The second kappa shape index (κ2) is 52.6. The number of aliphatic carboxylic acids is 2. The molecule has 0 spiro atoms. The number of thiocarbonyl (C=S) groups is 2. The van der Waals surface area contributed by atoms with Crippen molar-refractivity contribution in [3.05, 3.63) is 178 Å². The summed E-state index contributed by atoms with van der Waals surface area (Å²) in [5.41, 5.74) is 15.3. The van der Waals surface area contributed by atoms with Gasteiger partial charge in [-0.1, -0.05) is 60.7 Å². The Morgan fingerprint density at radius 1 is 0.379 bits per heavy atom. The monoisotopic (exact) mass is 1860 g/mol. The van der Waals surface area contributed by atoms with E-state index in [0.717, 1.165) is 11.1 Å². The van der Waals surface area contributed by atoms with Gasteiger partial charge in [-0.15, -0.1) is 0 Å². The van der Waals surface area contributed by atoms with Gasteiger partial charge in [-0.2, -0.15) is 0 Å². The van der Waals surface area contributed by atoms with E-state index in [1.165, 1.54) is 60.7 Å². The number of nitrogens with two attached hydrogens (primary N) is 2. The van der Waals surface area contributed by atoms with E-state index in [0.29, 0.717) is 72.9 Å². The first-order valence-electron chi connectivity index (χ1n) is 42.3. The van der Waals surface area contributed by atoms with Gasteiger partial charge in [-0.05, 0) is 184 Å². The minimum atomic E-state index is -1.71. The van der Waals surface area contributed by atoms with Crippen LogP contribution in [0.1, 0.15) is 132 Å². The number of guanidine groups is 2. The highest BCUT2D eigenvalue weighted by Gasteiger charge is 2.37. The van der Waals surface area contributed by atoms with Crippen LogP contribution in [0.15, 0.2) is 133 Å². The van der Waals surface area contributed by atoms with Gasteiger partial charge >= 0.3 is 23.9 Å². The molecule has 10 amide bonds. The predicted molar refractivity (Wildman–Crippen MR) is 488 cm³/mol. The molecule has 8 atom stereocenters. The first kappa shape index (κ1) is 103. The molecular formula is C86H110N24O20S2. The van der Waals surface area contributed by atoms with E-state index in [2.05, 4.69) is 105 Å². The third-order valence-electron chi connectivity index (χ3n) is 20.6. The highest BCUT2D eigenvalue weighted by molar-refractivity contribution is 7.80. The number of benzene rings is 4. The molecule has 0 aliphatic carbocycles. The van der Waals surface area contributed by atoms with Crippen LogP contribution < -0.4 is 96.5 Å². The third kappa shape index (κ3) is 36.7. The standard InChI is InChI=1S/C86H110N24O20S2/c87-83(88)91-35-7-15-59-75(121)103-61(77(123)105-65(39-49-21-29-57(111)30-22-49)79(125)107-67(41-71(115)116)73(119)95-43-69(113)101-59)11-1-3-33-93-85(131)99-53-25-17-51(18-26-53)45-109(47-55-9-5-13-63(97-55)81(127)128)37-38-110(48-56-10-6-14-64(98-56)82(129)130)46-52-19-27-54(28-20-52)100-86(132)94-34-4-2-12-62-78(124)106-66(40-50-23-31-58(112)32-24-50)80(126)108-68(42-72(117)118)74(120)96-44-70(114)102-60(76(122)104-62)16-8-36-92-84(89)90/h5-6,9-10,13-14,17-32,59-62,65-68,111-112H,1-4,7-8,11-12,15-16,33-48H2,(H,95,119)(H,96,120)(H,101,113)(H,102,114)(H,103,121)(H,104,122)(H,105,123)(H,106,124)(H,107,125)(H,108,126)(H,115,116)(H,117,118)(H,127,128)(H,129,130)(H4,87,88,91)(H4,89,90,92)(H2,93,99,131)(H2,94,100,132). The number of hydrogen-bond donors (Lipinski definition) is 26. The molecule has 44 nitrogen and oxygen atoms in total. The number of carboxylic acid groups (broad SMARTS) is 4. The van der Waals surface area contributed by atoms with Gasteiger partial charge in [0.2, 0.25) is 59.1 Å². The number of nitrogens with zero attached hydrogens (tertiary/aromatic N) is 4. The van der Waals surface area contributed by atoms with Crippen LogP contribution in [0.2, 0.25) is 0 Å². The van der Waals surface area contributed by atoms with Crippen LogP contribution in [-0.4, -0.2) is 256 Å². The lowest BCUT2D eigenvalue weighted by Gasteiger charge is -2.28. The number of aromatic hydroxyl groups is 2. The molecule has 132 heavy (non-hydrogen) atoms. The Morgan fingerprint density at radius 3 is 1.03 bits per heavy atom. The number of rotatable bonds is 41. The Balaban J connectivity index is 0.906. The molecule has 4 aromatic carbocycles. The van der Waals surface area contributed by atoms with Gasteiger partial charge in [0.15, 0.2) is 22.1 Å². The molecule has 8 rings (SSSR count). The van der Waals surface area contributed by atoms with E-state index in [4.69, 9.17) is 46.7 Å². The summed E-state index contributed by atoms with van der Waals surface area (Å²) in [6, 6.07) is 23.9. The maximum absolute atomic E-state index is 14.4. The van der Waals surface area contributed by atoms with Crippen LogP contribution >= 0.6 is 24.4 Å². The highest BCUT2D eigenvalue weighted by Crippen LogP contribution is 2.21. The van der Waals surface area contributed by atoms with E-state index >= 15 is 0 Å². The summed E-state index contributed by atoms with van der Waals surface area (Å²) in [5, 5.41) is 118. The fraction of sp³-hybridized carbons (Fsp3) is 0.395. The summed E-state index contributed by atoms with van der Waals surface area (Å²) >= 11 is 11.4. The minimum absolute atomic E-state index is 0.0219. The molecule has 6 aromatic rings. The molecule has 4 heterocycles. The van der Waals surface area contributed by atoms with E-state index in [9.17, 15) is 97.8 Å². The highest BCUT2D eigenvalue weighted by atomic mass is 32.1. The number of nitrogens with one attached hydrogen (secondary N) is 18. The van der Waals surface area contributed by atoms with Crippen LogP contribution in [0.3, 0.4) is 0 Å². The first-order chi connectivity index (χ1) is 63.1. The largest absolute Gasteiger partial charge is 0.508 e.